The van der Waals surface area contributed by atoms with E-state index in [0.717, 1.165) is 11.8 Å². The van der Waals surface area contributed by atoms with Crippen LogP contribution in [-0.4, -0.2) is 28.4 Å². The number of carbonyl (C=O) groups is 2. The van der Waals surface area contributed by atoms with E-state index in [1.807, 2.05) is 0 Å². The molecule has 0 aromatic heterocycles. The van der Waals surface area contributed by atoms with Crippen molar-refractivity contribution in [3.63, 3.8) is 0 Å². The van der Waals surface area contributed by atoms with E-state index in [1.54, 1.807) is 54.6 Å². The van der Waals surface area contributed by atoms with Crippen LogP contribution < -0.4 is 5.73 Å². The third kappa shape index (κ3) is 5.47. The van der Waals surface area contributed by atoms with Crippen molar-refractivity contribution in [2.75, 3.05) is 5.73 Å². The van der Waals surface area contributed by atoms with Crippen LogP contribution in [0, 0.1) is 0 Å². The molecule has 0 spiro atoms. The summed E-state index contributed by atoms with van der Waals surface area (Å²) in [6, 6.07) is 19.8. The van der Waals surface area contributed by atoms with Gasteiger partial charge in [0.25, 0.3) is 18.1 Å². The molecule has 0 atom stereocenters. The Labute approximate surface area is 241 Å². The summed E-state index contributed by atoms with van der Waals surface area (Å²) < 4.78 is 46.5. The Hall–Kier alpha value is -2.80. The predicted octanol–water partition coefficient (Wildman–Crippen LogP) is 6.20. The van der Waals surface area contributed by atoms with Crippen LogP contribution in [0.4, 0.5) is 5.69 Å². The van der Waals surface area contributed by atoms with Gasteiger partial charge in [0.1, 0.15) is 0 Å². The van der Waals surface area contributed by atoms with Crippen molar-refractivity contribution in [1.29, 1.82) is 0 Å². The van der Waals surface area contributed by atoms with Gasteiger partial charge in [0.2, 0.25) is 0 Å². The van der Waals surface area contributed by atoms with Crippen molar-refractivity contribution in [3.05, 3.63) is 101 Å². The average Bonchev–Trinajstić information content (AvgIpc) is 2.88. The van der Waals surface area contributed by atoms with E-state index in [9.17, 15) is 26.4 Å². The molecular formula is C26H15Cl2NO6S4. The van der Waals surface area contributed by atoms with Crippen LogP contribution >= 0.6 is 44.9 Å². The number of anilines is 1. The quantitative estimate of drug-likeness (QED) is 0.171. The molecule has 7 nitrogen and oxygen atoms in total. The van der Waals surface area contributed by atoms with Crippen molar-refractivity contribution in [2.24, 2.45) is 0 Å². The number of ketones is 2. The SMILES string of the molecule is Nc1c(Sc2ccc(S(=O)(=O)Cl)cc2)cc(Sc2ccc(S(=O)(=O)Cl)cc2)c2c1C(=O)c1ccccc1C2=O. The molecule has 1 aliphatic rings. The highest BCUT2D eigenvalue weighted by atomic mass is 35.7. The highest BCUT2D eigenvalue weighted by molar-refractivity contribution is 8.14. The van der Waals surface area contributed by atoms with Gasteiger partial charge in [-0.2, -0.15) is 0 Å². The Morgan fingerprint density at radius 3 is 1.44 bits per heavy atom. The van der Waals surface area contributed by atoms with Gasteiger partial charge in [0, 0.05) is 57.6 Å². The molecule has 0 aliphatic heterocycles. The van der Waals surface area contributed by atoms with E-state index in [-0.39, 0.29) is 43.5 Å². The number of nitrogens with two attached hydrogens (primary N) is 1. The molecule has 0 saturated carbocycles. The lowest BCUT2D eigenvalue weighted by molar-refractivity contribution is 0.0977. The number of hydrogen-bond acceptors (Lipinski definition) is 9. The van der Waals surface area contributed by atoms with E-state index in [2.05, 4.69) is 0 Å². The van der Waals surface area contributed by atoms with Crippen molar-refractivity contribution in [2.45, 2.75) is 29.4 Å². The average molecular weight is 637 g/mol. The molecule has 4 aromatic carbocycles. The van der Waals surface area contributed by atoms with Gasteiger partial charge in [-0.05, 0) is 54.6 Å². The third-order valence-electron chi connectivity index (χ3n) is 5.83. The Morgan fingerprint density at radius 2 is 1.00 bits per heavy atom. The summed E-state index contributed by atoms with van der Waals surface area (Å²) in [4.78, 5) is 29.2. The van der Waals surface area contributed by atoms with Crippen molar-refractivity contribution < 1.29 is 26.4 Å². The fraction of sp³-hybridized carbons (Fsp3) is 0. The van der Waals surface area contributed by atoms with E-state index in [1.165, 1.54) is 36.0 Å². The number of rotatable bonds is 6. The van der Waals surface area contributed by atoms with E-state index < -0.39 is 23.9 Å². The Morgan fingerprint density at radius 1 is 0.590 bits per heavy atom. The fourth-order valence-electron chi connectivity index (χ4n) is 4.02. The second kappa shape index (κ2) is 10.3. The fourth-order valence-corrected chi connectivity index (χ4v) is 7.55. The van der Waals surface area contributed by atoms with Gasteiger partial charge in [0.15, 0.2) is 11.6 Å². The van der Waals surface area contributed by atoms with Gasteiger partial charge in [-0.15, -0.1) is 0 Å². The molecule has 0 unspecified atom stereocenters. The minimum absolute atomic E-state index is 0.0667. The van der Waals surface area contributed by atoms with E-state index in [0.29, 0.717) is 19.6 Å². The lowest BCUT2D eigenvalue weighted by atomic mass is 9.83. The van der Waals surface area contributed by atoms with Crippen LogP contribution in [0.2, 0.25) is 0 Å². The molecule has 39 heavy (non-hydrogen) atoms. The highest BCUT2D eigenvalue weighted by Gasteiger charge is 2.35. The number of halogens is 2. The monoisotopic (exact) mass is 635 g/mol. The molecule has 0 fully saturated rings. The van der Waals surface area contributed by atoms with Gasteiger partial charge in [-0.3, -0.25) is 9.59 Å². The Balaban J connectivity index is 1.64. The second-order valence-corrected chi connectivity index (χ2v) is 15.6. The molecule has 0 saturated heterocycles. The van der Waals surface area contributed by atoms with Crippen LogP contribution in [0.15, 0.2) is 108 Å². The topological polar surface area (TPSA) is 128 Å². The Kier molecular flexibility index (Phi) is 7.34. The number of hydrogen-bond donors (Lipinski definition) is 1. The zero-order chi connectivity index (χ0) is 28.1. The van der Waals surface area contributed by atoms with Gasteiger partial charge in [0.05, 0.1) is 21.0 Å². The summed E-state index contributed by atoms with van der Waals surface area (Å²) in [5, 5.41) is 0. The standard InChI is InChI=1S/C26H15Cl2NO6S4/c27-38(32,33)16-9-5-14(6-10-16)36-20-13-21(37-15-7-11-17(12-8-15)39(28,34)35)24(29)23-22(20)25(30)18-3-1-2-4-19(18)26(23)31/h1-13H,29H2. The van der Waals surface area contributed by atoms with Gasteiger partial charge < -0.3 is 5.73 Å². The number of fused-ring (bicyclic) bond motifs is 2. The summed E-state index contributed by atoms with van der Waals surface area (Å²) in [6.07, 6.45) is 0. The third-order valence-corrected chi connectivity index (χ3v) is 10.7. The zero-order valence-corrected chi connectivity index (χ0v) is 24.2. The summed E-state index contributed by atoms with van der Waals surface area (Å²) >= 11 is 2.35. The molecule has 0 heterocycles. The maximum absolute atomic E-state index is 13.6. The van der Waals surface area contributed by atoms with Crippen molar-refractivity contribution in [3.8, 4) is 0 Å². The minimum atomic E-state index is -3.92. The van der Waals surface area contributed by atoms with E-state index in [4.69, 9.17) is 27.1 Å². The van der Waals surface area contributed by atoms with Crippen LogP contribution in [0.5, 0.6) is 0 Å². The first-order valence-corrected chi connectivity index (χ1v) is 17.2. The second-order valence-electron chi connectivity index (χ2n) is 8.26. The smallest absolute Gasteiger partial charge is 0.261 e. The number of carbonyl (C=O) groups excluding carboxylic acids is 2. The summed E-state index contributed by atoms with van der Waals surface area (Å²) in [7, 11) is 3.02. The molecular weight excluding hydrogens is 621 g/mol. The highest BCUT2D eigenvalue weighted by Crippen LogP contribution is 2.45. The first-order valence-electron chi connectivity index (χ1n) is 10.9. The van der Waals surface area contributed by atoms with Crippen molar-refractivity contribution in [1.82, 2.24) is 0 Å². The zero-order valence-electron chi connectivity index (χ0n) is 19.4. The molecule has 0 bridgehead atoms. The number of nitrogen functional groups attached to an aromatic ring is 1. The maximum Gasteiger partial charge on any atom is 0.261 e. The summed E-state index contributed by atoms with van der Waals surface area (Å²) in [6.45, 7) is 0. The van der Waals surface area contributed by atoms with Crippen LogP contribution in [0.25, 0.3) is 0 Å². The minimum Gasteiger partial charge on any atom is -0.397 e. The summed E-state index contributed by atoms with van der Waals surface area (Å²) in [5.74, 6) is -0.753. The molecule has 13 heteroatoms. The lowest BCUT2D eigenvalue weighted by Gasteiger charge is -2.23. The predicted molar refractivity (Wildman–Crippen MR) is 151 cm³/mol. The first kappa shape index (κ1) is 27.8. The molecule has 0 amide bonds. The van der Waals surface area contributed by atoms with Crippen LogP contribution in [-0.2, 0) is 18.1 Å². The number of benzene rings is 4. The molecule has 198 valence electrons. The molecule has 5 rings (SSSR count). The van der Waals surface area contributed by atoms with Gasteiger partial charge in [-0.25, -0.2) is 16.8 Å². The maximum atomic E-state index is 13.6. The van der Waals surface area contributed by atoms with Gasteiger partial charge >= 0.3 is 0 Å². The largest absolute Gasteiger partial charge is 0.397 e. The normalized spacial score (nSPS) is 13.2. The van der Waals surface area contributed by atoms with E-state index >= 15 is 0 Å². The Bertz CT molecular complexity index is 1890. The summed E-state index contributed by atoms with van der Waals surface area (Å²) in [5.41, 5.74) is 7.34. The van der Waals surface area contributed by atoms with Crippen molar-refractivity contribution >= 4 is 80.2 Å². The van der Waals surface area contributed by atoms with Crippen LogP contribution in [0.1, 0.15) is 31.8 Å². The molecule has 0 radical (unpaired) electrons. The van der Waals surface area contributed by atoms with Gasteiger partial charge in [-0.1, -0.05) is 47.8 Å². The molecule has 4 aromatic rings. The lowest BCUT2D eigenvalue weighted by Crippen LogP contribution is -2.23. The molecule has 2 N–H and O–H groups in total. The first-order chi connectivity index (χ1) is 18.3. The molecule has 1 aliphatic carbocycles. The van der Waals surface area contributed by atoms with Crippen LogP contribution in [0.3, 0.4) is 0 Å².